The van der Waals surface area contributed by atoms with Gasteiger partial charge in [0.25, 0.3) is 0 Å². The fourth-order valence-electron chi connectivity index (χ4n) is 1.85. The predicted octanol–water partition coefficient (Wildman–Crippen LogP) is -0.362. The zero-order valence-electron chi connectivity index (χ0n) is 9.46. The Labute approximate surface area is 104 Å². The Morgan fingerprint density at radius 3 is 2.53 bits per heavy atom. The van der Waals surface area contributed by atoms with Gasteiger partial charge in [0.15, 0.2) is 0 Å². The molecule has 1 aliphatic rings. The van der Waals surface area contributed by atoms with Crippen LogP contribution >= 0.6 is 11.3 Å². The van der Waals surface area contributed by atoms with Crippen LogP contribution in [0.4, 0.5) is 10.3 Å². The summed E-state index contributed by atoms with van der Waals surface area (Å²) in [6.07, 6.45) is 2.73. The topological polar surface area (TPSA) is 101 Å². The first-order chi connectivity index (χ1) is 7.94. The number of anilines is 2. The summed E-state index contributed by atoms with van der Waals surface area (Å²) >= 11 is 1.35. The lowest BCUT2D eigenvalue weighted by Gasteiger charge is -2.31. The highest BCUT2D eigenvalue weighted by atomic mass is 32.2. The lowest BCUT2D eigenvalue weighted by molar-refractivity contribution is 0.461. The Bertz CT molecular complexity index is 478. The van der Waals surface area contributed by atoms with Crippen LogP contribution in [0.15, 0.2) is 0 Å². The van der Waals surface area contributed by atoms with E-state index < -0.39 is 10.0 Å². The van der Waals surface area contributed by atoms with Crippen molar-refractivity contribution >= 4 is 31.6 Å². The van der Waals surface area contributed by atoms with Gasteiger partial charge in [-0.25, -0.2) is 13.1 Å². The van der Waals surface area contributed by atoms with Crippen molar-refractivity contribution in [2.45, 2.75) is 18.9 Å². The van der Waals surface area contributed by atoms with Crippen LogP contribution in [0, 0.1) is 0 Å². The van der Waals surface area contributed by atoms with Gasteiger partial charge in [0.1, 0.15) is 0 Å². The van der Waals surface area contributed by atoms with E-state index in [2.05, 4.69) is 19.8 Å². The molecule has 0 amide bonds. The van der Waals surface area contributed by atoms with Crippen LogP contribution in [-0.4, -0.2) is 44.0 Å². The van der Waals surface area contributed by atoms with Crippen LogP contribution in [0.1, 0.15) is 12.8 Å². The Hall–Kier alpha value is -0.930. The Morgan fingerprint density at radius 1 is 1.41 bits per heavy atom. The summed E-state index contributed by atoms with van der Waals surface area (Å²) in [5.74, 6) is 0. The van der Waals surface area contributed by atoms with Crippen molar-refractivity contribution in [1.82, 2.24) is 14.9 Å². The van der Waals surface area contributed by atoms with Crippen molar-refractivity contribution in [2.75, 3.05) is 30.0 Å². The number of aromatic nitrogens is 2. The van der Waals surface area contributed by atoms with Gasteiger partial charge in [-0.2, -0.15) is 0 Å². The molecule has 1 aliphatic heterocycles. The van der Waals surface area contributed by atoms with E-state index in [1.165, 1.54) is 17.6 Å². The van der Waals surface area contributed by atoms with Gasteiger partial charge < -0.3 is 10.6 Å². The lowest BCUT2D eigenvalue weighted by Crippen LogP contribution is -2.44. The summed E-state index contributed by atoms with van der Waals surface area (Å²) in [5.41, 5.74) is 5.52. The molecule has 0 saturated carbocycles. The molecular weight excluding hydrogens is 262 g/mol. The highest BCUT2D eigenvalue weighted by Crippen LogP contribution is 2.24. The van der Waals surface area contributed by atoms with Crippen LogP contribution in [0.25, 0.3) is 0 Å². The summed E-state index contributed by atoms with van der Waals surface area (Å²) in [6, 6.07) is 0.0199. The van der Waals surface area contributed by atoms with Gasteiger partial charge in [-0.05, 0) is 12.8 Å². The highest BCUT2D eigenvalue weighted by molar-refractivity contribution is 7.88. The zero-order valence-corrected chi connectivity index (χ0v) is 11.1. The van der Waals surface area contributed by atoms with E-state index in [9.17, 15) is 8.42 Å². The van der Waals surface area contributed by atoms with Gasteiger partial charge in [-0.3, -0.25) is 0 Å². The van der Waals surface area contributed by atoms with Crippen molar-refractivity contribution in [3.8, 4) is 0 Å². The minimum atomic E-state index is -3.12. The molecule has 1 saturated heterocycles. The minimum Gasteiger partial charge on any atom is -0.374 e. The number of rotatable bonds is 3. The largest absolute Gasteiger partial charge is 0.374 e. The maximum absolute atomic E-state index is 11.1. The second-order valence-corrected chi connectivity index (χ2v) is 6.84. The smallest absolute Gasteiger partial charge is 0.209 e. The van der Waals surface area contributed by atoms with Crippen LogP contribution in [0.3, 0.4) is 0 Å². The zero-order chi connectivity index (χ0) is 12.5. The number of sulfonamides is 1. The Kier molecular flexibility index (Phi) is 3.50. The molecule has 0 atom stereocenters. The minimum absolute atomic E-state index is 0.0199. The molecular formula is C8H15N5O2S2. The van der Waals surface area contributed by atoms with Crippen molar-refractivity contribution < 1.29 is 8.42 Å². The number of nitrogens with two attached hydrogens (primary N) is 1. The maximum Gasteiger partial charge on any atom is 0.209 e. The average molecular weight is 277 g/mol. The fraction of sp³-hybridized carbons (Fsp3) is 0.750. The summed E-state index contributed by atoms with van der Waals surface area (Å²) in [5, 5.41) is 8.99. The third kappa shape index (κ3) is 3.51. The number of piperidine rings is 1. The average Bonchev–Trinajstić information content (AvgIpc) is 2.63. The predicted molar refractivity (Wildman–Crippen MR) is 67.5 cm³/mol. The quantitative estimate of drug-likeness (QED) is 0.782. The number of nitrogens with one attached hydrogen (secondary N) is 1. The molecule has 17 heavy (non-hydrogen) atoms. The van der Waals surface area contributed by atoms with Crippen LogP contribution < -0.4 is 15.4 Å². The normalized spacial score (nSPS) is 18.5. The van der Waals surface area contributed by atoms with E-state index in [1.54, 1.807) is 0 Å². The van der Waals surface area contributed by atoms with Crippen LogP contribution in [-0.2, 0) is 10.0 Å². The first-order valence-electron chi connectivity index (χ1n) is 5.25. The molecule has 7 nitrogen and oxygen atoms in total. The Balaban J connectivity index is 1.90. The molecule has 0 aliphatic carbocycles. The van der Waals surface area contributed by atoms with Crippen molar-refractivity contribution in [3.63, 3.8) is 0 Å². The summed E-state index contributed by atoms with van der Waals surface area (Å²) in [4.78, 5) is 2.08. The second kappa shape index (κ2) is 4.75. The van der Waals surface area contributed by atoms with E-state index in [1.807, 2.05) is 0 Å². The van der Waals surface area contributed by atoms with Crippen molar-refractivity contribution in [2.24, 2.45) is 0 Å². The van der Waals surface area contributed by atoms with Gasteiger partial charge in [-0.15, -0.1) is 10.2 Å². The lowest BCUT2D eigenvalue weighted by atomic mass is 10.1. The standard InChI is InChI=1S/C8H15N5O2S2/c1-17(14,15)12-6-2-4-13(5-3-6)8-11-10-7(9)16-8/h6,12H,2-5H2,1H3,(H2,9,10). The van der Waals surface area contributed by atoms with Gasteiger partial charge >= 0.3 is 0 Å². The van der Waals surface area contributed by atoms with E-state index >= 15 is 0 Å². The first kappa shape index (κ1) is 12.5. The molecule has 1 aromatic rings. The molecule has 1 fully saturated rings. The highest BCUT2D eigenvalue weighted by Gasteiger charge is 2.23. The SMILES string of the molecule is CS(=O)(=O)NC1CCN(c2nnc(N)s2)CC1. The molecule has 0 radical (unpaired) electrons. The second-order valence-electron chi connectivity index (χ2n) is 4.07. The molecule has 9 heteroatoms. The van der Waals surface area contributed by atoms with Crippen molar-refractivity contribution in [3.05, 3.63) is 0 Å². The molecule has 2 heterocycles. The molecule has 3 N–H and O–H groups in total. The molecule has 0 unspecified atom stereocenters. The number of nitrogens with zero attached hydrogens (tertiary/aromatic N) is 3. The van der Waals surface area contributed by atoms with Gasteiger partial charge in [0.2, 0.25) is 20.3 Å². The van der Waals surface area contributed by atoms with E-state index in [4.69, 9.17) is 5.73 Å². The van der Waals surface area contributed by atoms with Crippen molar-refractivity contribution in [1.29, 1.82) is 0 Å². The van der Waals surface area contributed by atoms with E-state index in [-0.39, 0.29) is 6.04 Å². The third-order valence-corrected chi connectivity index (χ3v) is 4.15. The van der Waals surface area contributed by atoms with Gasteiger partial charge in [0, 0.05) is 19.1 Å². The van der Waals surface area contributed by atoms with Crippen LogP contribution in [0.5, 0.6) is 0 Å². The fourth-order valence-corrected chi connectivity index (χ4v) is 3.35. The van der Waals surface area contributed by atoms with E-state index in [0.29, 0.717) is 5.13 Å². The summed E-state index contributed by atoms with van der Waals surface area (Å²) in [7, 11) is -3.12. The molecule has 0 aromatic carbocycles. The third-order valence-electron chi connectivity index (χ3n) is 2.58. The number of hydrogen-bond acceptors (Lipinski definition) is 7. The molecule has 0 bridgehead atoms. The number of hydrogen-bond donors (Lipinski definition) is 2. The molecule has 0 spiro atoms. The Morgan fingerprint density at radius 2 is 2.06 bits per heavy atom. The molecule has 2 rings (SSSR count). The van der Waals surface area contributed by atoms with Gasteiger partial charge in [0.05, 0.1) is 6.26 Å². The van der Waals surface area contributed by atoms with E-state index in [0.717, 1.165) is 31.1 Å². The number of nitrogen functional groups attached to an aromatic ring is 1. The summed E-state index contributed by atoms with van der Waals surface area (Å²) in [6.45, 7) is 1.53. The van der Waals surface area contributed by atoms with Gasteiger partial charge in [-0.1, -0.05) is 11.3 Å². The summed E-state index contributed by atoms with van der Waals surface area (Å²) < 4.78 is 24.8. The monoisotopic (exact) mass is 277 g/mol. The molecule has 1 aromatic heterocycles. The first-order valence-corrected chi connectivity index (χ1v) is 7.96. The maximum atomic E-state index is 11.1. The van der Waals surface area contributed by atoms with Crippen LogP contribution in [0.2, 0.25) is 0 Å². The molecule has 96 valence electrons.